The van der Waals surface area contributed by atoms with Crippen LogP contribution < -0.4 is 5.32 Å². The van der Waals surface area contributed by atoms with E-state index in [0.29, 0.717) is 5.56 Å². The third kappa shape index (κ3) is 4.39. The van der Waals surface area contributed by atoms with Gasteiger partial charge >= 0.3 is 5.97 Å². The smallest absolute Gasteiger partial charge is 0.326 e. The Hall–Kier alpha value is -3.73. The average Bonchev–Trinajstić information content (AvgIpc) is 2.61. The number of carboxylic acids is 1. The van der Waals surface area contributed by atoms with Crippen LogP contribution in [0.5, 0.6) is 0 Å². The first kappa shape index (κ1) is 17.6. The Kier molecular flexibility index (Phi) is 5.43. The Morgan fingerprint density at radius 2 is 1.84 bits per heavy atom. The normalized spacial score (nSPS) is 11.2. The number of hydrogen-bond donors (Lipinski definition) is 2. The quantitative estimate of drug-likeness (QED) is 0.610. The van der Waals surface area contributed by atoms with E-state index in [1.165, 1.54) is 42.5 Å². The Morgan fingerprint density at radius 3 is 2.40 bits per heavy atom. The number of amides is 1. The molecule has 8 nitrogen and oxygen atoms in total. The molecular weight excluding hydrogens is 326 g/mol. The van der Waals surface area contributed by atoms with Gasteiger partial charge in [0.25, 0.3) is 11.6 Å². The molecule has 1 amide bonds. The number of carbonyl (C=O) groups is 2. The highest BCUT2D eigenvalue weighted by molar-refractivity contribution is 5.96. The fourth-order valence-electron chi connectivity index (χ4n) is 2.22. The van der Waals surface area contributed by atoms with Crippen molar-refractivity contribution in [3.8, 4) is 6.07 Å². The first-order valence-electron chi connectivity index (χ1n) is 7.18. The number of nitrogens with zero attached hydrogens (tertiary/aromatic N) is 2. The van der Waals surface area contributed by atoms with Crippen LogP contribution in [0.2, 0.25) is 0 Å². The van der Waals surface area contributed by atoms with Gasteiger partial charge in [-0.1, -0.05) is 18.2 Å². The molecule has 0 aliphatic heterocycles. The molecule has 8 heteroatoms. The zero-order valence-electron chi connectivity index (χ0n) is 12.9. The number of nitro benzene ring substituents is 1. The molecular formula is C17H13N3O5. The highest BCUT2D eigenvalue weighted by Gasteiger charge is 2.24. The summed E-state index contributed by atoms with van der Waals surface area (Å²) in [6.45, 7) is 0. The van der Waals surface area contributed by atoms with Crippen LogP contribution in [-0.4, -0.2) is 27.9 Å². The minimum Gasteiger partial charge on any atom is -0.480 e. The molecule has 2 N–H and O–H groups in total. The van der Waals surface area contributed by atoms with Crippen LogP contribution in [0.4, 0.5) is 5.69 Å². The van der Waals surface area contributed by atoms with E-state index < -0.39 is 22.8 Å². The third-order valence-electron chi connectivity index (χ3n) is 3.49. The topological polar surface area (TPSA) is 133 Å². The monoisotopic (exact) mass is 339 g/mol. The summed E-state index contributed by atoms with van der Waals surface area (Å²) < 4.78 is 0. The fraction of sp³-hybridized carbons (Fsp3) is 0.118. The van der Waals surface area contributed by atoms with Crippen LogP contribution in [0.15, 0.2) is 48.5 Å². The summed E-state index contributed by atoms with van der Waals surface area (Å²) >= 11 is 0. The molecule has 0 radical (unpaired) electrons. The van der Waals surface area contributed by atoms with Crippen LogP contribution in [0, 0.1) is 21.4 Å². The van der Waals surface area contributed by atoms with E-state index in [4.69, 9.17) is 5.26 Å². The number of hydrogen-bond acceptors (Lipinski definition) is 5. The van der Waals surface area contributed by atoms with Crippen molar-refractivity contribution in [1.29, 1.82) is 5.26 Å². The number of nitriles is 1. The van der Waals surface area contributed by atoms with Crippen molar-refractivity contribution in [3.63, 3.8) is 0 Å². The Morgan fingerprint density at radius 1 is 1.20 bits per heavy atom. The Labute approximate surface area is 142 Å². The zero-order chi connectivity index (χ0) is 18.4. The predicted octanol–water partition coefficient (Wildman–Crippen LogP) is 1.89. The van der Waals surface area contributed by atoms with E-state index in [1.807, 2.05) is 6.07 Å². The number of nitro groups is 1. The number of nitrogens with one attached hydrogen (secondary N) is 1. The largest absolute Gasteiger partial charge is 0.480 e. The predicted molar refractivity (Wildman–Crippen MR) is 86.8 cm³/mol. The molecule has 0 saturated heterocycles. The minimum atomic E-state index is -1.33. The summed E-state index contributed by atoms with van der Waals surface area (Å²) in [5.41, 5.74) is 0.556. The van der Waals surface area contributed by atoms with E-state index in [9.17, 15) is 24.8 Å². The number of aliphatic carboxylic acids is 1. The molecule has 0 unspecified atom stereocenters. The molecule has 0 aliphatic rings. The van der Waals surface area contributed by atoms with Gasteiger partial charge in [0.1, 0.15) is 6.04 Å². The molecule has 0 aliphatic carbocycles. The van der Waals surface area contributed by atoms with Gasteiger partial charge in [0, 0.05) is 23.6 Å². The Bertz CT molecular complexity index is 855. The van der Waals surface area contributed by atoms with Crippen molar-refractivity contribution in [2.24, 2.45) is 0 Å². The van der Waals surface area contributed by atoms with Gasteiger partial charge in [-0.3, -0.25) is 14.9 Å². The molecule has 0 aromatic heterocycles. The van der Waals surface area contributed by atoms with Gasteiger partial charge in [-0.15, -0.1) is 0 Å². The van der Waals surface area contributed by atoms with Crippen LogP contribution in [-0.2, 0) is 11.2 Å². The van der Waals surface area contributed by atoms with Gasteiger partial charge in [0.2, 0.25) is 0 Å². The molecule has 2 aromatic carbocycles. The first-order valence-corrected chi connectivity index (χ1v) is 7.18. The summed E-state index contributed by atoms with van der Waals surface area (Å²) in [5, 5.41) is 31.4. The molecule has 0 saturated carbocycles. The molecule has 0 bridgehead atoms. The number of para-hydroxylation sites is 1. The summed E-state index contributed by atoms with van der Waals surface area (Å²) in [6.07, 6.45) is -0.228. The van der Waals surface area contributed by atoms with E-state index in [1.54, 1.807) is 6.07 Å². The van der Waals surface area contributed by atoms with Crippen LogP contribution in [0.3, 0.4) is 0 Å². The van der Waals surface area contributed by atoms with Crippen molar-refractivity contribution in [1.82, 2.24) is 5.32 Å². The standard InChI is InChI=1S/C17H13N3O5/c18-10-11-5-7-12(8-6-11)16(21)19-14(17(22)23)9-13-3-1-2-4-15(13)20(24)25/h1-8,14H,9H2,(H,19,21)(H,22,23)/t14-/m1/s1. The lowest BCUT2D eigenvalue weighted by atomic mass is 10.0. The summed E-state index contributed by atoms with van der Waals surface area (Å²) in [4.78, 5) is 34.0. The molecule has 2 rings (SSSR count). The molecule has 2 aromatic rings. The number of carbonyl (C=O) groups excluding carboxylic acids is 1. The minimum absolute atomic E-state index is 0.188. The lowest BCUT2D eigenvalue weighted by molar-refractivity contribution is -0.385. The van der Waals surface area contributed by atoms with Crippen LogP contribution in [0.25, 0.3) is 0 Å². The number of benzene rings is 2. The second-order valence-electron chi connectivity index (χ2n) is 5.14. The van der Waals surface area contributed by atoms with E-state index in [-0.39, 0.29) is 23.2 Å². The van der Waals surface area contributed by atoms with Crippen molar-refractivity contribution in [2.75, 3.05) is 0 Å². The van der Waals surface area contributed by atoms with E-state index in [2.05, 4.69) is 5.32 Å². The molecule has 0 fully saturated rings. The molecule has 0 heterocycles. The van der Waals surface area contributed by atoms with Crippen molar-refractivity contribution in [3.05, 3.63) is 75.3 Å². The van der Waals surface area contributed by atoms with Gasteiger partial charge in [-0.05, 0) is 24.3 Å². The van der Waals surface area contributed by atoms with E-state index >= 15 is 0 Å². The van der Waals surface area contributed by atoms with Gasteiger partial charge in [0.05, 0.1) is 16.6 Å². The van der Waals surface area contributed by atoms with Crippen LogP contribution in [0.1, 0.15) is 21.5 Å². The van der Waals surface area contributed by atoms with Crippen LogP contribution >= 0.6 is 0 Å². The summed E-state index contributed by atoms with van der Waals surface area (Å²) in [7, 11) is 0. The molecule has 0 spiro atoms. The third-order valence-corrected chi connectivity index (χ3v) is 3.49. The second-order valence-corrected chi connectivity index (χ2v) is 5.14. The highest BCUT2D eigenvalue weighted by atomic mass is 16.6. The second kappa shape index (κ2) is 7.70. The molecule has 25 heavy (non-hydrogen) atoms. The maximum Gasteiger partial charge on any atom is 0.326 e. The van der Waals surface area contributed by atoms with Gasteiger partial charge in [-0.2, -0.15) is 5.26 Å². The van der Waals surface area contributed by atoms with Gasteiger partial charge < -0.3 is 10.4 Å². The Balaban J connectivity index is 2.19. The van der Waals surface area contributed by atoms with Crippen molar-refractivity contribution < 1.29 is 19.6 Å². The summed E-state index contributed by atoms with van der Waals surface area (Å²) in [5.74, 6) is -1.95. The molecule has 126 valence electrons. The highest BCUT2D eigenvalue weighted by Crippen LogP contribution is 2.19. The van der Waals surface area contributed by atoms with Gasteiger partial charge in [0.15, 0.2) is 0 Å². The van der Waals surface area contributed by atoms with E-state index in [0.717, 1.165) is 0 Å². The van der Waals surface area contributed by atoms with Crippen molar-refractivity contribution >= 4 is 17.6 Å². The SMILES string of the molecule is N#Cc1ccc(C(=O)N[C@H](Cc2ccccc2[N+](=O)[O-])C(=O)O)cc1. The maximum atomic E-state index is 12.2. The van der Waals surface area contributed by atoms with Gasteiger partial charge in [-0.25, -0.2) is 4.79 Å². The first-order chi connectivity index (χ1) is 11.9. The zero-order valence-corrected chi connectivity index (χ0v) is 12.9. The lowest BCUT2D eigenvalue weighted by Gasteiger charge is -2.15. The number of rotatable bonds is 6. The van der Waals surface area contributed by atoms with Crippen molar-refractivity contribution in [2.45, 2.75) is 12.5 Å². The molecule has 1 atom stereocenters. The average molecular weight is 339 g/mol. The number of carboxylic acid groups (broad SMARTS) is 1. The fourth-order valence-corrected chi connectivity index (χ4v) is 2.22. The lowest BCUT2D eigenvalue weighted by Crippen LogP contribution is -2.42. The summed E-state index contributed by atoms with van der Waals surface area (Å²) in [6, 6.07) is 12.0. The maximum absolute atomic E-state index is 12.2.